The third-order valence-electron chi connectivity index (χ3n) is 2.56. The van der Waals surface area contributed by atoms with Crippen LogP contribution in [0.15, 0.2) is 12.1 Å². The lowest BCUT2D eigenvalue weighted by Crippen LogP contribution is -2.31. The molecule has 0 bridgehead atoms. The summed E-state index contributed by atoms with van der Waals surface area (Å²) in [6, 6.07) is 3.36. The Bertz CT molecular complexity index is 409. The number of anilines is 1. The molecule has 0 spiro atoms. The van der Waals surface area contributed by atoms with Crippen LogP contribution in [0.25, 0.3) is 0 Å². The molecule has 0 saturated heterocycles. The van der Waals surface area contributed by atoms with Crippen LogP contribution < -0.4 is 5.32 Å². The Hall–Kier alpha value is -1.29. The van der Waals surface area contributed by atoms with E-state index >= 15 is 0 Å². The Labute approximate surface area is 113 Å². The fraction of sp³-hybridized carbons (Fsp3) is 0.538. The van der Waals surface area contributed by atoms with Gasteiger partial charge >= 0.3 is 0 Å². The van der Waals surface area contributed by atoms with E-state index in [1.165, 1.54) is 0 Å². The smallest absolute Gasteiger partial charge is 0.254 e. The van der Waals surface area contributed by atoms with Crippen molar-refractivity contribution < 1.29 is 4.79 Å². The maximum absolute atomic E-state index is 12.3. The number of rotatable bonds is 6. The van der Waals surface area contributed by atoms with E-state index in [0.717, 1.165) is 19.5 Å². The molecule has 0 radical (unpaired) electrons. The van der Waals surface area contributed by atoms with Gasteiger partial charge in [0.15, 0.2) is 0 Å². The van der Waals surface area contributed by atoms with Crippen molar-refractivity contribution in [2.75, 3.05) is 25.0 Å². The third kappa shape index (κ3) is 3.88. The van der Waals surface area contributed by atoms with Crippen molar-refractivity contribution in [1.82, 2.24) is 9.88 Å². The minimum Gasteiger partial charge on any atom is -0.370 e. The second-order valence-corrected chi connectivity index (χ2v) is 4.37. The van der Waals surface area contributed by atoms with Crippen LogP contribution in [0.3, 0.4) is 0 Å². The van der Waals surface area contributed by atoms with Crippen molar-refractivity contribution in [2.45, 2.75) is 27.2 Å². The maximum atomic E-state index is 12.3. The molecule has 18 heavy (non-hydrogen) atoms. The average molecular weight is 270 g/mol. The van der Waals surface area contributed by atoms with Crippen molar-refractivity contribution in [3.8, 4) is 0 Å². The number of amides is 1. The molecule has 0 saturated carbocycles. The van der Waals surface area contributed by atoms with Gasteiger partial charge in [-0.1, -0.05) is 18.5 Å². The zero-order valence-corrected chi connectivity index (χ0v) is 11.9. The highest BCUT2D eigenvalue weighted by Gasteiger charge is 2.15. The molecule has 1 N–H and O–H groups in total. The molecule has 100 valence electrons. The van der Waals surface area contributed by atoms with Crippen LogP contribution in [-0.2, 0) is 0 Å². The molecular weight excluding hydrogens is 250 g/mol. The summed E-state index contributed by atoms with van der Waals surface area (Å²) in [7, 11) is 0. The average Bonchev–Trinajstić information content (AvgIpc) is 2.35. The number of carbonyl (C=O) groups is 1. The van der Waals surface area contributed by atoms with Gasteiger partial charge in [0.25, 0.3) is 5.91 Å². The van der Waals surface area contributed by atoms with Gasteiger partial charge in [0.2, 0.25) is 0 Å². The standard InChI is InChI=1S/C13H20ClN3O/c1-4-7-17(6-3)13(18)10-8-11(14)16-12(9-10)15-5-2/h8-9H,4-7H2,1-3H3,(H,15,16). The molecule has 0 aliphatic rings. The van der Waals surface area contributed by atoms with Crippen molar-refractivity contribution in [1.29, 1.82) is 0 Å². The number of pyridine rings is 1. The maximum Gasteiger partial charge on any atom is 0.254 e. The third-order valence-corrected chi connectivity index (χ3v) is 2.76. The van der Waals surface area contributed by atoms with Gasteiger partial charge in [0.05, 0.1) is 0 Å². The number of nitrogens with one attached hydrogen (secondary N) is 1. The van der Waals surface area contributed by atoms with E-state index in [4.69, 9.17) is 11.6 Å². The van der Waals surface area contributed by atoms with Gasteiger partial charge < -0.3 is 10.2 Å². The lowest BCUT2D eigenvalue weighted by atomic mass is 10.2. The van der Waals surface area contributed by atoms with Gasteiger partial charge in [0, 0.05) is 25.2 Å². The topological polar surface area (TPSA) is 45.2 Å². The Kier molecular flexibility index (Phi) is 5.92. The van der Waals surface area contributed by atoms with E-state index in [2.05, 4.69) is 17.2 Å². The fourth-order valence-corrected chi connectivity index (χ4v) is 1.96. The van der Waals surface area contributed by atoms with E-state index in [9.17, 15) is 4.79 Å². The van der Waals surface area contributed by atoms with E-state index in [-0.39, 0.29) is 5.91 Å². The van der Waals surface area contributed by atoms with Crippen LogP contribution in [0, 0.1) is 0 Å². The molecule has 1 heterocycles. The van der Waals surface area contributed by atoms with Gasteiger partial charge in [-0.25, -0.2) is 4.98 Å². The summed E-state index contributed by atoms with van der Waals surface area (Å²) >= 11 is 5.93. The van der Waals surface area contributed by atoms with Crippen LogP contribution in [-0.4, -0.2) is 35.4 Å². The second-order valence-electron chi connectivity index (χ2n) is 3.98. The largest absolute Gasteiger partial charge is 0.370 e. The molecule has 4 nitrogen and oxygen atoms in total. The van der Waals surface area contributed by atoms with Gasteiger partial charge in [0.1, 0.15) is 11.0 Å². The first kappa shape index (κ1) is 14.8. The van der Waals surface area contributed by atoms with Crippen molar-refractivity contribution in [2.24, 2.45) is 0 Å². The predicted octanol–water partition coefficient (Wildman–Crippen LogP) is 3.04. The van der Waals surface area contributed by atoms with E-state index < -0.39 is 0 Å². The minimum absolute atomic E-state index is 0.00260. The van der Waals surface area contributed by atoms with Gasteiger partial charge in [-0.15, -0.1) is 0 Å². The summed E-state index contributed by atoms with van der Waals surface area (Å²) < 4.78 is 0. The highest BCUT2D eigenvalue weighted by molar-refractivity contribution is 6.29. The quantitative estimate of drug-likeness (QED) is 0.808. The Morgan fingerprint density at radius 1 is 1.39 bits per heavy atom. The number of nitrogens with zero attached hydrogens (tertiary/aromatic N) is 2. The predicted molar refractivity (Wildman–Crippen MR) is 75.3 cm³/mol. The molecule has 1 aromatic heterocycles. The summed E-state index contributed by atoms with van der Waals surface area (Å²) in [6.07, 6.45) is 0.943. The zero-order chi connectivity index (χ0) is 13.5. The second kappa shape index (κ2) is 7.21. The summed E-state index contributed by atoms with van der Waals surface area (Å²) in [6.45, 7) is 8.20. The van der Waals surface area contributed by atoms with Crippen LogP contribution in [0.4, 0.5) is 5.82 Å². The van der Waals surface area contributed by atoms with Crippen molar-refractivity contribution >= 4 is 23.3 Å². The van der Waals surface area contributed by atoms with E-state index in [0.29, 0.717) is 23.1 Å². The first-order valence-electron chi connectivity index (χ1n) is 6.33. The Balaban J connectivity index is 2.96. The molecule has 0 aliphatic heterocycles. The summed E-state index contributed by atoms with van der Waals surface area (Å²) in [5.74, 6) is 0.642. The highest BCUT2D eigenvalue weighted by atomic mass is 35.5. The number of hydrogen-bond acceptors (Lipinski definition) is 3. The first-order chi connectivity index (χ1) is 8.62. The van der Waals surface area contributed by atoms with E-state index in [1.54, 1.807) is 17.0 Å². The molecule has 0 atom stereocenters. The summed E-state index contributed by atoms with van der Waals surface area (Å²) in [5, 5.41) is 3.40. The Morgan fingerprint density at radius 2 is 2.11 bits per heavy atom. The monoisotopic (exact) mass is 269 g/mol. The number of halogens is 1. The first-order valence-corrected chi connectivity index (χ1v) is 6.70. The molecule has 1 amide bonds. The zero-order valence-electron chi connectivity index (χ0n) is 11.2. The van der Waals surface area contributed by atoms with Gasteiger partial charge in [-0.2, -0.15) is 0 Å². The molecule has 0 fully saturated rings. The number of aromatic nitrogens is 1. The van der Waals surface area contributed by atoms with Crippen LogP contribution in [0.1, 0.15) is 37.6 Å². The molecule has 0 aliphatic carbocycles. The lowest BCUT2D eigenvalue weighted by Gasteiger charge is -2.20. The summed E-state index contributed by atoms with van der Waals surface area (Å²) in [5.41, 5.74) is 0.584. The molecule has 0 unspecified atom stereocenters. The SMILES string of the molecule is CCCN(CC)C(=O)c1cc(Cl)nc(NCC)c1. The molecule has 0 aromatic carbocycles. The van der Waals surface area contributed by atoms with Gasteiger partial charge in [-0.3, -0.25) is 4.79 Å². The number of hydrogen-bond donors (Lipinski definition) is 1. The molecule has 5 heteroatoms. The van der Waals surface area contributed by atoms with Crippen LogP contribution in [0.2, 0.25) is 5.15 Å². The fourth-order valence-electron chi connectivity index (χ4n) is 1.75. The summed E-state index contributed by atoms with van der Waals surface area (Å²) in [4.78, 5) is 18.2. The van der Waals surface area contributed by atoms with Crippen LogP contribution >= 0.6 is 11.6 Å². The van der Waals surface area contributed by atoms with E-state index in [1.807, 2.05) is 13.8 Å². The highest BCUT2D eigenvalue weighted by Crippen LogP contribution is 2.16. The van der Waals surface area contributed by atoms with Crippen molar-refractivity contribution in [3.63, 3.8) is 0 Å². The van der Waals surface area contributed by atoms with Crippen molar-refractivity contribution in [3.05, 3.63) is 22.8 Å². The number of carbonyl (C=O) groups excluding carboxylic acids is 1. The molecule has 1 rings (SSSR count). The molecule has 1 aromatic rings. The lowest BCUT2D eigenvalue weighted by molar-refractivity contribution is 0.0764. The minimum atomic E-state index is 0.00260. The van der Waals surface area contributed by atoms with Gasteiger partial charge in [-0.05, 0) is 32.4 Å². The van der Waals surface area contributed by atoms with Crippen LogP contribution in [0.5, 0.6) is 0 Å². The Morgan fingerprint density at radius 3 is 2.67 bits per heavy atom. The normalized spacial score (nSPS) is 10.2. The molecular formula is C13H20ClN3O.